The second kappa shape index (κ2) is 8.72. The quantitative estimate of drug-likeness (QED) is 0.180. The fourth-order valence-corrected chi connectivity index (χ4v) is 4.55. The van der Waals surface area contributed by atoms with Gasteiger partial charge in [-0.05, 0) is 50.4 Å². The molecule has 1 heteroatoms. The predicted molar refractivity (Wildman–Crippen MR) is 122 cm³/mol. The molecule has 2 aliphatic rings. The van der Waals surface area contributed by atoms with Gasteiger partial charge in [0.2, 0.25) is 0 Å². The summed E-state index contributed by atoms with van der Waals surface area (Å²) >= 11 is 0. The molecule has 6 rings (SSSR count). The van der Waals surface area contributed by atoms with Gasteiger partial charge in [0.25, 0.3) is 0 Å². The van der Waals surface area contributed by atoms with Crippen molar-refractivity contribution < 1.29 is 25.8 Å². The van der Waals surface area contributed by atoms with Gasteiger partial charge in [-0.1, -0.05) is 37.1 Å². The van der Waals surface area contributed by atoms with E-state index in [0.717, 1.165) is 24.7 Å². The minimum Gasteiger partial charge on any atom is -0.165 e. The zero-order valence-electron chi connectivity index (χ0n) is 17.7. The van der Waals surface area contributed by atoms with Crippen molar-refractivity contribution in [3.63, 3.8) is 0 Å². The molecule has 2 saturated carbocycles. The van der Waals surface area contributed by atoms with Crippen molar-refractivity contribution in [1.29, 1.82) is 0 Å². The smallest absolute Gasteiger partial charge is 0 e. The van der Waals surface area contributed by atoms with E-state index in [1.54, 1.807) is 11.1 Å². The Bertz CT molecular complexity index is 1010. The standard InChI is InChI=1S/2C14H15.Hf/c2*1-2-10-8-12-4-3-5-13(11-6-7-11)14(12)9-10;/h2*3-5,8-9,11H,2,6-7H2,1H3;/q2*-1;. The molecule has 0 heterocycles. The summed E-state index contributed by atoms with van der Waals surface area (Å²) < 4.78 is 0. The molecule has 0 aromatic heterocycles. The largest absolute Gasteiger partial charge is 0.165 e. The topological polar surface area (TPSA) is 0 Å². The molecule has 0 saturated heterocycles. The molecule has 2 fully saturated rings. The predicted octanol–water partition coefficient (Wildman–Crippen LogP) is 7.99. The molecule has 4 aromatic rings. The van der Waals surface area contributed by atoms with E-state index in [1.165, 1.54) is 58.4 Å². The SMILES string of the molecule is CCc1cc2c(C3CC3)cccc2[cH-]1.CCc1cc2c(C3CC3)cccc2[cH-]1.[Hf]. The monoisotopic (exact) mass is 546 g/mol. The summed E-state index contributed by atoms with van der Waals surface area (Å²) in [4.78, 5) is 0. The molecule has 29 heavy (non-hydrogen) atoms. The Kier molecular flexibility index (Phi) is 6.25. The summed E-state index contributed by atoms with van der Waals surface area (Å²) in [5, 5.41) is 5.89. The van der Waals surface area contributed by atoms with Crippen LogP contribution in [0.5, 0.6) is 0 Å². The Morgan fingerprint density at radius 1 is 0.690 bits per heavy atom. The van der Waals surface area contributed by atoms with Gasteiger partial charge in [-0.15, -0.1) is 69.1 Å². The van der Waals surface area contributed by atoms with Gasteiger partial charge in [0, 0.05) is 25.8 Å². The van der Waals surface area contributed by atoms with Gasteiger partial charge < -0.3 is 0 Å². The van der Waals surface area contributed by atoms with E-state index in [0.29, 0.717) is 0 Å². The number of rotatable bonds is 4. The minimum atomic E-state index is 0. The second-order valence-corrected chi connectivity index (χ2v) is 8.68. The summed E-state index contributed by atoms with van der Waals surface area (Å²) in [5.74, 6) is 1.73. The van der Waals surface area contributed by atoms with E-state index in [2.05, 4.69) is 74.5 Å². The number of hydrogen-bond donors (Lipinski definition) is 0. The van der Waals surface area contributed by atoms with Gasteiger partial charge in [0.05, 0.1) is 0 Å². The molecule has 0 unspecified atom stereocenters. The van der Waals surface area contributed by atoms with Crippen molar-refractivity contribution in [3.05, 3.63) is 82.9 Å². The summed E-state index contributed by atoms with van der Waals surface area (Å²) in [5.41, 5.74) is 6.13. The van der Waals surface area contributed by atoms with E-state index in [-0.39, 0.29) is 25.8 Å². The van der Waals surface area contributed by atoms with E-state index in [1.807, 2.05) is 0 Å². The Labute approximate surface area is 193 Å². The molecular formula is C28H30Hf-2. The molecule has 0 nitrogen and oxygen atoms in total. The maximum absolute atomic E-state index is 2.38. The van der Waals surface area contributed by atoms with Gasteiger partial charge >= 0.3 is 0 Å². The molecule has 0 N–H and O–H groups in total. The van der Waals surface area contributed by atoms with E-state index >= 15 is 0 Å². The van der Waals surface area contributed by atoms with Crippen LogP contribution in [-0.2, 0) is 38.7 Å². The van der Waals surface area contributed by atoms with Gasteiger partial charge in [0.1, 0.15) is 0 Å². The van der Waals surface area contributed by atoms with Gasteiger partial charge in [0.15, 0.2) is 0 Å². The summed E-state index contributed by atoms with van der Waals surface area (Å²) in [6.07, 6.45) is 7.88. The Morgan fingerprint density at radius 3 is 1.45 bits per heavy atom. The van der Waals surface area contributed by atoms with Crippen LogP contribution >= 0.6 is 0 Å². The van der Waals surface area contributed by atoms with Crippen molar-refractivity contribution >= 4 is 21.5 Å². The fourth-order valence-electron chi connectivity index (χ4n) is 4.55. The van der Waals surface area contributed by atoms with Crippen molar-refractivity contribution in [2.24, 2.45) is 0 Å². The van der Waals surface area contributed by atoms with Crippen LogP contribution in [0.25, 0.3) is 21.5 Å². The first-order valence-corrected chi connectivity index (χ1v) is 11.1. The van der Waals surface area contributed by atoms with Crippen LogP contribution in [0.15, 0.2) is 60.7 Å². The van der Waals surface area contributed by atoms with Crippen LogP contribution in [0.1, 0.15) is 73.6 Å². The normalized spacial score (nSPS) is 15.8. The van der Waals surface area contributed by atoms with Crippen LogP contribution < -0.4 is 0 Å². The first-order valence-electron chi connectivity index (χ1n) is 11.1. The van der Waals surface area contributed by atoms with Crippen LogP contribution in [0.3, 0.4) is 0 Å². The molecule has 0 bridgehead atoms. The fraction of sp³-hybridized carbons (Fsp3) is 0.357. The van der Waals surface area contributed by atoms with Gasteiger partial charge in [-0.25, -0.2) is 0 Å². The van der Waals surface area contributed by atoms with Crippen molar-refractivity contribution in [2.45, 2.75) is 64.2 Å². The van der Waals surface area contributed by atoms with Crippen LogP contribution in [0.2, 0.25) is 0 Å². The second-order valence-electron chi connectivity index (χ2n) is 8.68. The number of aryl methyl sites for hydroxylation is 2. The third-order valence-corrected chi connectivity index (χ3v) is 6.54. The molecule has 2 aliphatic carbocycles. The maximum atomic E-state index is 2.38. The summed E-state index contributed by atoms with van der Waals surface area (Å²) in [6, 6.07) is 22.9. The maximum Gasteiger partial charge on any atom is 0 e. The third kappa shape index (κ3) is 4.36. The molecule has 0 radical (unpaired) electrons. The average Bonchev–Trinajstić information content (AvgIpc) is 3.65. The molecule has 0 spiro atoms. The van der Waals surface area contributed by atoms with Crippen molar-refractivity contribution in [3.8, 4) is 0 Å². The first-order chi connectivity index (χ1) is 13.8. The number of benzene rings is 2. The molecular weight excluding hydrogens is 515 g/mol. The van der Waals surface area contributed by atoms with Crippen molar-refractivity contribution in [2.75, 3.05) is 0 Å². The Balaban J connectivity index is 0.000000137. The van der Waals surface area contributed by atoms with Crippen molar-refractivity contribution in [1.82, 2.24) is 0 Å². The average molecular weight is 545 g/mol. The zero-order valence-corrected chi connectivity index (χ0v) is 21.3. The number of hydrogen-bond acceptors (Lipinski definition) is 0. The number of fused-ring (bicyclic) bond motifs is 2. The summed E-state index contributed by atoms with van der Waals surface area (Å²) in [6.45, 7) is 4.45. The summed E-state index contributed by atoms with van der Waals surface area (Å²) in [7, 11) is 0. The van der Waals surface area contributed by atoms with Gasteiger partial charge in [-0.3, -0.25) is 0 Å². The molecule has 0 amide bonds. The van der Waals surface area contributed by atoms with Gasteiger partial charge in [-0.2, -0.15) is 12.1 Å². The van der Waals surface area contributed by atoms with Crippen LogP contribution in [-0.4, -0.2) is 0 Å². The molecule has 4 aromatic carbocycles. The van der Waals surface area contributed by atoms with E-state index in [9.17, 15) is 0 Å². The molecule has 148 valence electrons. The van der Waals surface area contributed by atoms with Crippen LogP contribution in [0.4, 0.5) is 0 Å². The third-order valence-electron chi connectivity index (χ3n) is 6.54. The zero-order chi connectivity index (χ0) is 19.1. The first kappa shape index (κ1) is 20.8. The Hall–Kier alpha value is -1.47. The Morgan fingerprint density at radius 2 is 1.10 bits per heavy atom. The van der Waals surface area contributed by atoms with E-state index < -0.39 is 0 Å². The molecule has 0 atom stereocenters. The molecule has 0 aliphatic heterocycles. The van der Waals surface area contributed by atoms with Crippen LogP contribution in [0, 0.1) is 0 Å². The minimum absolute atomic E-state index is 0. The van der Waals surface area contributed by atoms with E-state index in [4.69, 9.17) is 0 Å².